The van der Waals surface area contributed by atoms with Crippen LogP contribution >= 0.6 is 0 Å². The molecule has 0 radical (unpaired) electrons. The van der Waals surface area contributed by atoms with Gasteiger partial charge in [-0.3, -0.25) is 14.0 Å². The summed E-state index contributed by atoms with van der Waals surface area (Å²) in [5.74, 6) is -0.369. The van der Waals surface area contributed by atoms with Crippen LogP contribution in [-0.2, 0) is 13.6 Å². The van der Waals surface area contributed by atoms with E-state index in [9.17, 15) is 9.18 Å². The monoisotopic (exact) mass is 385 g/mol. The zero-order valence-corrected chi connectivity index (χ0v) is 15.6. The minimum atomic E-state index is -0.369. The van der Waals surface area contributed by atoms with Crippen molar-refractivity contribution in [2.24, 2.45) is 7.05 Å². The molecular weight excluding hydrogens is 369 g/mol. The number of fused-ring (bicyclic) bond motifs is 2. The highest BCUT2D eigenvalue weighted by atomic mass is 19.1. The molecule has 0 saturated heterocycles. The third-order valence-corrected chi connectivity index (χ3v) is 4.94. The maximum absolute atomic E-state index is 14.8. The van der Waals surface area contributed by atoms with Gasteiger partial charge in [-0.2, -0.15) is 5.10 Å². The second kappa shape index (κ2) is 6.63. The molecule has 142 valence electrons. The molecular formula is C22H16FN5O. The van der Waals surface area contributed by atoms with Gasteiger partial charge >= 0.3 is 0 Å². The number of aryl methyl sites for hydroxylation is 1. The Morgan fingerprint density at radius 2 is 1.86 bits per heavy atom. The highest BCUT2D eigenvalue weighted by Gasteiger charge is 2.10. The van der Waals surface area contributed by atoms with Crippen LogP contribution in [0.25, 0.3) is 33.1 Å². The molecule has 7 heteroatoms. The lowest BCUT2D eigenvalue weighted by Crippen LogP contribution is -2.21. The largest absolute Gasteiger partial charge is 0.294 e. The number of rotatable bonds is 3. The van der Waals surface area contributed by atoms with E-state index in [1.165, 1.54) is 17.0 Å². The van der Waals surface area contributed by atoms with E-state index in [-0.39, 0.29) is 17.9 Å². The van der Waals surface area contributed by atoms with Gasteiger partial charge in [0.15, 0.2) is 5.65 Å². The first-order valence-electron chi connectivity index (χ1n) is 9.11. The van der Waals surface area contributed by atoms with Crippen LogP contribution in [-0.4, -0.2) is 24.3 Å². The van der Waals surface area contributed by atoms with Crippen LogP contribution < -0.4 is 5.56 Å². The Morgan fingerprint density at radius 1 is 1.03 bits per heavy atom. The Balaban J connectivity index is 1.49. The highest BCUT2D eigenvalue weighted by molar-refractivity contribution is 5.84. The van der Waals surface area contributed by atoms with Gasteiger partial charge in [0.05, 0.1) is 17.4 Å². The second-order valence-electron chi connectivity index (χ2n) is 6.93. The van der Waals surface area contributed by atoms with Crippen molar-refractivity contribution in [3.05, 3.63) is 89.0 Å². The standard InChI is InChI=1S/C22H16FN5O/c1-27-11-17-9-14(6-7-20(17)26-27)15-4-5-16(19(23)10-15)12-28-13-25-21-18(22(28)29)3-2-8-24-21/h2-11,13H,12H2,1H3. The van der Waals surface area contributed by atoms with Crippen LogP contribution in [0, 0.1) is 5.82 Å². The molecule has 0 spiro atoms. The van der Waals surface area contributed by atoms with Crippen molar-refractivity contribution in [3.63, 3.8) is 0 Å². The Hall–Kier alpha value is -3.87. The Morgan fingerprint density at radius 3 is 2.72 bits per heavy atom. The van der Waals surface area contributed by atoms with E-state index in [1.807, 2.05) is 37.5 Å². The first-order valence-corrected chi connectivity index (χ1v) is 9.11. The molecule has 2 aromatic carbocycles. The van der Waals surface area contributed by atoms with Crippen molar-refractivity contribution < 1.29 is 4.39 Å². The third-order valence-electron chi connectivity index (χ3n) is 4.94. The van der Waals surface area contributed by atoms with Crippen molar-refractivity contribution in [1.82, 2.24) is 24.3 Å². The smallest absolute Gasteiger partial charge is 0.263 e. The van der Waals surface area contributed by atoms with Gasteiger partial charge in [0.1, 0.15) is 12.1 Å². The van der Waals surface area contributed by atoms with Gasteiger partial charge in [0.25, 0.3) is 5.56 Å². The second-order valence-corrected chi connectivity index (χ2v) is 6.93. The minimum Gasteiger partial charge on any atom is -0.294 e. The molecule has 0 atom stereocenters. The number of halogens is 1. The quantitative estimate of drug-likeness (QED) is 0.477. The molecule has 0 aliphatic carbocycles. The summed E-state index contributed by atoms with van der Waals surface area (Å²) in [6.45, 7) is 0.102. The van der Waals surface area contributed by atoms with Crippen LogP contribution in [0.4, 0.5) is 4.39 Å². The summed E-state index contributed by atoms with van der Waals surface area (Å²) in [4.78, 5) is 20.9. The van der Waals surface area contributed by atoms with Crippen molar-refractivity contribution in [3.8, 4) is 11.1 Å². The molecule has 0 N–H and O–H groups in total. The normalized spacial score (nSPS) is 11.4. The zero-order chi connectivity index (χ0) is 20.0. The maximum Gasteiger partial charge on any atom is 0.263 e. The molecule has 0 aliphatic rings. The molecule has 5 rings (SSSR count). The molecule has 3 heterocycles. The molecule has 6 nitrogen and oxygen atoms in total. The number of hydrogen-bond acceptors (Lipinski definition) is 4. The lowest BCUT2D eigenvalue weighted by Gasteiger charge is -2.09. The zero-order valence-electron chi connectivity index (χ0n) is 15.6. The van der Waals surface area contributed by atoms with E-state index in [2.05, 4.69) is 15.1 Å². The number of pyridine rings is 1. The molecule has 0 fully saturated rings. The number of benzene rings is 2. The van der Waals surface area contributed by atoms with Gasteiger partial charge in [0, 0.05) is 30.4 Å². The van der Waals surface area contributed by atoms with Gasteiger partial charge in [-0.05, 0) is 41.5 Å². The van der Waals surface area contributed by atoms with Gasteiger partial charge in [-0.1, -0.05) is 18.2 Å². The number of nitrogens with zero attached hydrogens (tertiary/aromatic N) is 5. The fraction of sp³-hybridized carbons (Fsp3) is 0.0909. The summed E-state index contributed by atoms with van der Waals surface area (Å²) in [6.07, 6.45) is 4.92. The molecule has 0 bridgehead atoms. The molecule has 3 aromatic heterocycles. The Kier molecular flexibility index (Phi) is 3.94. The van der Waals surface area contributed by atoms with E-state index in [0.717, 1.165) is 22.0 Å². The van der Waals surface area contributed by atoms with Gasteiger partial charge in [-0.15, -0.1) is 0 Å². The average molecular weight is 385 g/mol. The average Bonchev–Trinajstić information content (AvgIpc) is 3.10. The van der Waals surface area contributed by atoms with Crippen LogP contribution in [0.15, 0.2) is 72.0 Å². The van der Waals surface area contributed by atoms with Crippen molar-refractivity contribution >= 4 is 21.9 Å². The number of hydrogen-bond donors (Lipinski definition) is 0. The lowest BCUT2D eigenvalue weighted by molar-refractivity contribution is 0.595. The van der Waals surface area contributed by atoms with E-state index in [0.29, 0.717) is 16.6 Å². The Labute approximate surface area is 164 Å². The van der Waals surface area contributed by atoms with Gasteiger partial charge in [-0.25, -0.2) is 14.4 Å². The topological polar surface area (TPSA) is 65.6 Å². The summed E-state index contributed by atoms with van der Waals surface area (Å²) in [5.41, 5.74) is 3.13. The summed E-state index contributed by atoms with van der Waals surface area (Å²) in [5, 5.41) is 5.77. The third kappa shape index (κ3) is 3.06. The summed E-state index contributed by atoms with van der Waals surface area (Å²) in [7, 11) is 1.87. The van der Waals surface area contributed by atoms with Gasteiger partial charge in [0.2, 0.25) is 0 Å². The summed E-state index contributed by atoms with van der Waals surface area (Å²) < 4.78 is 18.0. The van der Waals surface area contributed by atoms with Crippen LogP contribution in [0.5, 0.6) is 0 Å². The predicted molar refractivity (Wildman–Crippen MR) is 109 cm³/mol. The van der Waals surface area contributed by atoms with Crippen LogP contribution in [0.3, 0.4) is 0 Å². The first kappa shape index (κ1) is 17.2. The predicted octanol–water partition coefficient (Wildman–Crippen LogP) is 3.53. The van der Waals surface area contributed by atoms with Crippen molar-refractivity contribution in [1.29, 1.82) is 0 Å². The van der Waals surface area contributed by atoms with E-state index in [4.69, 9.17) is 0 Å². The summed E-state index contributed by atoms with van der Waals surface area (Å²) >= 11 is 0. The fourth-order valence-electron chi connectivity index (χ4n) is 3.48. The van der Waals surface area contributed by atoms with E-state index in [1.54, 1.807) is 29.1 Å². The molecule has 0 aliphatic heterocycles. The lowest BCUT2D eigenvalue weighted by atomic mass is 10.0. The van der Waals surface area contributed by atoms with Crippen LogP contribution in [0.2, 0.25) is 0 Å². The highest BCUT2D eigenvalue weighted by Crippen LogP contribution is 2.25. The summed E-state index contributed by atoms with van der Waals surface area (Å²) in [6, 6.07) is 14.2. The van der Waals surface area contributed by atoms with E-state index >= 15 is 0 Å². The molecule has 0 amide bonds. The molecule has 0 unspecified atom stereocenters. The molecule has 29 heavy (non-hydrogen) atoms. The SMILES string of the molecule is Cn1cc2cc(-c3ccc(Cn4cnc5ncccc5c4=O)c(F)c3)ccc2n1. The maximum atomic E-state index is 14.8. The first-order chi connectivity index (χ1) is 14.1. The van der Waals surface area contributed by atoms with Gasteiger partial charge < -0.3 is 0 Å². The minimum absolute atomic E-state index is 0.102. The van der Waals surface area contributed by atoms with E-state index < -0.39 is 0 Å². The van der Waals surface area contributed by atoms with Crippen LogP contribution in [0.1, 0.15) is 5.56 Å². The molecule has 0 saturated carbocycles. The fourth-order valence-corrected chi connectivity index (χ4v) is 3.48. The Bertz CT molecular complexity index is 1440. The van der Waals surface area contributed by atoms with Crippen molar-refractivity contribution in [2.45, 2.75) is 6.54 Å². The molecule has 5 aromatic rings. The van der Waals surface area contributed by atoms with Crippen molar-refractivity contribution in [2.75, 3.05) is 0 Å². The number of aromatic nitrogens is 5.